The van der Waals surface area contributed by atoms with Gasteiger partial charge in [-0.25, -0.2) is 15.0 Å². The molecular formula is C7H3Cl2F3N4. The number of aryl methyl sites for hydroxylation is 1. The van der Waals surface area contributed by atoms with E-state index in [1.165, 1.54) is 7.05 Å². The molecule has 0 aliphatic rings. The lowest BCUT2D eigenvalue weighted by molar-refractivity contribution is -0.146. The molecule has 0 spiro atoms. The van der Waals surface area contributed by atoms with E-state index in [0.717, 1.165) is 4.57 Å². The SMILES string of the molecule is Cn1c(C(F)(F)F)nc2nc(Cl)c(Cl)nc21. The Morgan fingerprint density at radius 2 is 1.62 bits per heavy atom. The molecule has 0 N–H and O–H groups in total. The van der Waals surface area contributed by atoms with Crippen molar-refractivity contribution >= 4 is 34.5 Å². The summed E-state index contributed by atoms with van der Waals surface area (Å²) in [5.41, 5.74) is -0.258. The maximum absolute atomic E-state index is 12.5. The minimum absolute atomic E-state index is 0.0678. The summed E-state index contributed by atoms with van der Waals surface area (Å²) in [4.78, 5) is 10.6. The zero-order chi connectivity index (χ0) is 12.1. The fraction of sp³-hybridized carbons (Fsp3) is 0.286. The molecule has 0 bridgehead atoms. The van der Waals surface area contributed by atoms with Crippen molar-refractivity contribution in [3.63, 3.8) is 0 Å². The van der Waals surface area contributed by atoms with E-state index in [1.807, 2.05) is 0 Å². The molecule has 0 saturated heterocycles. The number of aromatic nitrogens is 4. The van der Waals surface area contributed by atoms with E-state index in [4.69, 9.17) is 23.2 Å². The number of halogens is 5. The van der Waals surface area contributed by atoms with Gasteiger partial charge in [-0.1, -0.05) is 23.2 Å². The van der Waals surface area contributed by atoms with Gasteiger partial charge in [0.15, 0.2) is 21.6 Å². The van der Waals surface area contributed by atoms with Crippen molar-refractivity contribution in [2.24, 2.45) is 7.05 Å². The molecule has 0 amide bonds. The van der Waals surface area contributed by atoms with E-state index in [2.05, 4.69) is 15.0 Å². The molecule has 0 saturated carbocycles. The Morgan fingerprint density at radius 1 is 1.06 bits per heavy atom. The third-order valence-corrected chi connectivity index (χ3v) is 2.50. The topological polar surface area (TPSA) is 43.6 Å². The second-order valence-corrected chi connectivity index (χ2v) is 3.66. The van der Waals surface area contributed by atoms with Crippen LogP contribution in [0.15, 0.2) is 0 Å². The molecule has 0 unspecified atom stereocenters. The number of imidazole rings is 1. The lowest BCUT2D eigenvalue weighted by atomic mass is 10.6. The van der Waals surface area contributed by atoms with Crippen LogP contribution in [0.1, 0.15) is 5.82 Å². The third-order valence-electron chi connectivity index (χ3n) is 1.88. The second-order valence-electron chi connectivity index (χ2n) is 2.94. The first-order valence-corrected chi connectivity index (χ1v) is 4.69. The van der Waals surface area contributed by atoms with Crippen molar-refractivity contribution in [3.8, 4) is 0 Å². The van der Waals surface area contributed by atoms with Crippen LogP contribution in [0.2, 0.25) is 10.3 Å². The normalized spacial score (nSPS) is 12.4. The highest BCUT2D eigenvalue weighted by Gasteiger charge is 2.37. The summed E-state index contributed by atoms with van der Waals surface area (Å²) in [6.45, 7) is 0. The third kappa shape index (κ3) is 1.69. The molecule has 0 aliphatic carbocycles. The Morgan fingerprint density at radius 3 is 2.19 bits per heavy atom. The molecule has 2 aromatic heterocycles. The molecule has 0 aromatic carbocycles. The molecule has 86 valence electrons. The maximum atomic E-state index is 12.5. The van der Waals surface area contributed by atoms with Crippen LogP contribution < -0.4 is 0 Å². The fourth-order valence-corrected chi connectivity index (χ4v) is 1.45. The van der Waals surface area contributed by atoms with Gasteiger partial charge in [0.2, 0.25) is 5.82 Å². The predicted molar refractivity (Wildman–Crippen MR) is 51.3 cm³/mol. The van der Waals surface area contributed by atoms with E-state index in [-0.39, 0.29) is 21.6 Å². The van der Waals surface area contributed by atoms with Gasteiger partial charge in [0.05, 0.1) is 0 Å². The van der Waals surface area contributed by atoms with Crippen LogP contribution in [0.25, 0.3) is 11.3 Å². The molecule has 16 heavy (non-hydrogen) atoms. The molecule has 0 fully saturated rings. The van der Waals surface area contributed by atoms with Crippen LogP contribution in [0.4, 0.5) is 13.2 Å². The summed E-state index contributed by atoms with van der Waals surface area (Å²) in [6, 6.07) is 0. The van der Waals surface area contributed by atoms with Gasteiger partial charge in [0.1, 0.15) is 0 Å². The Labute approximate surface area is 97.0 Å². The zero-order valence-corrected chi connectivity index (χ0v) is 9.19. The highest BCUT2D eigenvalue weighted by atomic mass is 35.5. The van der Waals surface area contributed by atoms with Gasteiger partial charge in [0.25, 0.3) is 0 Å². The summed E-state index contributed by atoms with van der Waals surface area (Å²) < 4.78 is 38.2. The van der Waals surface area contributed by atoms with Crippen LogP contribution in [0, 0.1) is 0 Å². The monoisotopic (exact) mass is 270 g/mol. The summed E-state index contributed by atoms with van der Waals surface area (Å²) in [5.74, 6) is -1.10. The van der Waals surface area contributed by atoms with Gasteiger partial charge in [-0.2, -0.15) is 13.2 Å². The molecule has 2 heterocycles. The summed E-state index contributed by atoms with van der Waals surface area (Å²) in [5, 5.41) is -0.341. The molecular weight excluding hydrogens is 268 g/mol. The average molecular weight is 271 g/mol. The Bertz CT molecular complexity index is 563. The Hall–Kier alpha value is -1.08. The molecule has 0 aliphatic heterocycles. The van der Waals surface area contributed by atoms with Crippen LogP contribution in [-0.2, 0) is 13.2 Å². The van der Waals surface area contributed by atoms with Gasteiger partial charge >= 0.3 is 6.18 Å². The van der Waals surface area contributed by atoms with E-state index < -0.39 is 12.0 Å². The predicted octanol–water partition coefficient (Wildman–Crippen LogP) is 2.69. The molecule has 0 atom stereocenters. The van der Waals surface area contributed by atoms with E-state index >= 15 is 0 Å². The number of hydrogen-bond donors (Lipinski definition) is 0. The van der Waals surface area contributed by atoms with Gasteiger partial charge in [0, 0.05) is 7.05 Å². The summed E-state index contributed by atoms with van der Waals surface area (Å²) in [6.07, 6.45) is -4.57. The van der Waals surface area contributed by atoms with Crippen molar-refractivity contribution in [1.82, 2.24) is 19.5 Å². The quantitative estimate of drug-likeness (QED) is 0.739. The standard InChI is InChI=1S/C7H3Cl2F3N4/c1-16-5-4(13-2(8)3(9)14-5)15-6(16)7(10,11)12/h1H3. The maximum Gasteiger partial charge on any atom is 0.449 e. The fourth-order valence-electron chi connectivity index (χ4n) is 1.21. The first-order valence-electron chi connectivity index (χ1n) is 3.93. The Balaban J connectivity index is 2.79. The van der Waals surface area contributed by atoms with Crippen molar-refractivity contribution in [3.05, 3.63) is 16.1 Å². The van der Waals surface area contributed by atoms with Crippen molar-refractivity contribution in [2.75, 3.05) is 0 Å². The minimum atomic E-state index is -4.57. The molecule has 2 rings (SSSR count). The average Bonchev–Trinajstić information content (AvgIpc) is 2.45. The minimum Gasteiger partial charge on any atom is -0.307 e. The lowest BCUT2D eigenvalue weighted by Crippen LogP contribution is -2.12. The van der Waals surface area contributed by atoms with Gasteiger partial charge in [-0.3, -0.25) is 0 Å². The number of fused-ring (bicyclic) bond motifs is 1. The lowest BCUT2D eigenvalue weighted by Gasteiger charge is -2.04. The molecule has 4 nitrogen and oxygen atoms in total. The number of alkyl halides is 3. The molecule has 9 heteroatoms. The van der Waals surface area contributed by atoms with Crippen LogP contribution >= 0.6 is 23.2 Å². The number of nitrogens with zero attached hydrogens (tertiary/aromatic N) is 4. The van der Waals surface area contributed by atoms with E-state index in [1.54, 1.807) is 0 Å². The highest BCUT2D eigenvalue weighted by Crippen LogP contribution is 2.30. The van der Waals surface area contributed by atoms with Gasteiger partial charge < -0.3 is 4.57 Å². The van der Waals surface area contributed by atoms with Crippen molar-refractivity contribution in [1.29, 1.82) is 0 Å². The zero-order valence-electron chi connectivity index (χ0n) is 7.68. The van der Waals surface area contributed by atoms with Crippen molar-refractivity contribution in [2.45, 2.75) is 6.18 Å². The second kappa shape index (κ2) is 3.46. The van der Waals surface area contributed by atoms with Crippen LogP contribution in [0.3, 0.4) is 0 Å². The van der Waals surface area contributed by atoms with Crippen LogP contribution in [-0.4, -0.2) is 19.5 Å². The smallest absolute Gasteiger partial charge is 0.307 e. The van der Waals surface area contributed by atoms with Crippen molar-refractivity contribution < 1.29 is 13.2 Å². The van der Waals surface area contributed by atoms with Crippen LogP contribution in [0.5, 0.6) is 0 Å². The van der Waals surface area contributed by atoms with E-state index in [9.17, 15) is 13.2 Å². The first-order chi connectivity index (χ1) is 7.30. The first kappa shape index (κ1) is 11.4. The number of hydrogen-bond acceptors (Lipinski definition) is 3. The summed E-state index contributed by atoms with van der Waals surface area (Å²) >= 11 is 11.1. The summed E-state index contributed by atoms with van der Waals surface area (Å²) in [7, 11) is 1.18. The molecule has 0 radical (unpaired) electrons. The van der Waals surface area contributed by atoms with E-state index in [0.29, 0.717) is 0 Å². The molecule has 2 aromatic rings. The van der Waals surface area contributed by atoms with Gasteiger partial charge in [-0.15, -0.1) is 0 Å². The van der Waals surface area contributed by atoms with Gasteiger partial charge in [-0.05, 0) is 0 Å². The highest BCUT2D eigenvalue weighted by molar-refractivity contribution is 6.40. The number of rotatable bonds is 0. The Kier molecular flexibility index (Phi) is 2.47. The largest absolute Gasteiger partial charge is 0.449 e.